The Morgan fingerprint density at radius 2 is 2.35 bits per heavy atom. The monoisotopic (exact) mass is 355 g/mol. The van der Waals surface area contributed by atoms with Crippen molar-refractivity contribution < 1.29 is 0 Å². The zero-order valence-electron chi connectivity index (χ0n) is 11.4. The summed E-state index contributed by atoms with van der Waals surface area (Å²) in [5, 5.41) is 8.16. The molecule has 1 aliphatic rings. The quantitative estimate of drug-likeness (QED) is 0.843. The summed E-state index contributed by atoms with van der Waals surface area (Å²) < 4.78 is 1.79. The molecule has 1 fully saturated rings. The molecule has 6 heteroatoms. The molecule has 1 heterocycles. The first-order valence-electron chi connectivity index (χ1n) is 6.65. The molecule has 0 aromatic carbocycles. The van der Waals surface area contributed by atoms with Crippen LogP contribution >= 0.6 is 27.7 Å². The van der Waals surface area contributed by atoms with Crippen molar-refractivity contribution in [2.75, 3.05) is 11.6 Å². The molecule has 0 bridgehead atoms. The normalized spacial score (nSPS) is 22.2. The van der Waals surface area contributed by atoms with E-state index in [1.807, 2.05) is 11.8 Å². The minimum Gasteiger partial charge on any atom is -0.379 e. The molecule has 0 amide bonds. The van der Waals surface area contributed by atoms with Crippen LogP contribution in [0.3, 0.4) is 0 Å². The number of nitrogens with one attached hydrogen (secondary N) is 1. The minimum absolute atomic E-state index is 0.189. The van der Waals surface area contributed by atoms with E-state index in [1.165, 1.54) is 23.9 Å². The van der Waals surface area contributed by atoms with Crippen molar-refractivity contribution in [1.29, 1.82) is 0 Å². The van der Waals surface area contributed by atoms with Crippen LogP contribution in [-0.2, 0) is 6.54 Å². The maximum atomic E-state index is 12.1. The lowest BCUT2D eigenvalue weighted by atomic mass is 9.95. The van der Waals surface area contributed by atoms with Gasteiger partial charge in [0.25, 0.3) is 5.56 Å². The van der Waals surface area contributed by atoms with Gasteiger partial charge in [-0.1, -0.05) is 18.8 Å². The third kappa shape index (κ3) is 3.39. The highest BCUT2D eigenvalue weighted by Crippen LogP contribution is 2.30. The Morgan fingerprint density at radius 1 is 1.60 bits per heavy atom. The molecule has 1 aliphatic carbocycles. The summed E-state index contributed by atoms with van der Waals surface area (Å²) in [7, 11) is 0. The topological polar surface area (TPSA) is 46.9 Å². The average molecular weight is 356 g/mol. The molecule has 2 atom stereocenters. The van der Waals surface area contributed by atoms with Gasteiger partial charge in [-0.25, -0.2) is 4.68 Å². The molecule has 108 valence electrons. The van der Waals surface area contributed by atoms with E-state index in [9.17, 15) is 4.79 Å². The molecule has 2 unspecified atom stereocenters. The lowest BCUT2D eigenvalue weighted by Gasteiger charge is -2.31. The standard InChI is InChI=1S/C14H18BrN3OS/c1-3-8-18-14(19)13(15)11(9-16-18)17-10-6-4-5-7-12(10)20-2/h1,9-10,12,17H,4-8H2,2H3. The van der Waals surface area contributed by atoms with Crippen molar-refractivity contribution in [3.05, 3.63) is 21.0 Å². The van der Waals surface area contributed by atoms with Crippen LogP contribution in [0.1, 0.15) is 25.7 Å². The van der Waals surface area contributed by atoms with E-state index in [0.29, 0.717) is 15.8 Å². The molecule has 1 saturated carbocycles. The van der Waals surface area contributed by atoms with Crippen LogP contribution in [0.5, 0.6) is 0 Å². The Bertz CT molecular complexity index is 567. The lowest BCUT2D eigenvalue weighted by molar-refractivity contribution is 0.474. The predicted octanol–water partition coefficient (Wildman–Crippen LogP) is 2.73. The first kappa shape index (κ1) is 15.5. The van der Waals surface area contributed by atoms with Crippen molar-refractivity contribution in [2.24, 2.45) is 0 Å². The highest BCUT2D eigenvalue weighted by Gasteiger charge is 2.25. The van der Waals surface area contributed by atoms with E-state index < -0.39 is 0 Å². The van der Waals surface area contributed by atoms with Gasteiger partial charge in [0.2, 0.25) is 0 Å². The first-order valence-corrected chi connectivity index (χ1v) is 8.74. The fraction of sp³-hybridized carbons (Fsp3) is 0.571. The summed E-state index contributed by atoms with van der Waals surface area (Å²) >= 11 is 5.24. The van der Waals surface area contributed by atoms with Gasteiger partial charge in [-0.3, -0.25) is 4.79 Å². The lowest BCUT2D eigenvalue weighted by Crippen LogP contribution is -2.35. The average Bonchev–Trinajstić information content (AvgIpc) is 2.47. The van der Waals surface area contributed by atoms with Gasteiger partial charge >= 0.3 is 0 Å². The number of terminal acetylenes is 1. The third-order valence-electron chi connectivity index (χ3n) is 3.57. The fourth-order valence-electron chi connectivity index (χ4n) is 2.51. The Balaban J connectivity index is 2.19. The summed E-state index contributed by atoms with van der Waals surface area (Å²) in [5.74, 6) is 2.42. The molecule has 1 aromatic heterocycles. The van der Waals surface area contributed by atoms with E-state index in [4.69, 9.17) is 6.42 Å². The molecule has 0 spiro atoms. The summed E-state index contributed by atoms with van der Waals surface area (Å²) in [6, 6.07) is 0.389. The van der Waals surface area contributed by atoms with Crippen molar-refractivity contribution in [1.82, 2.24) is 9.78 Å². The molecule has 1 N–H and O–H groups in total. The smallest absolute Gasteiger partial charge is 0.284 e. The maximum Gasteiger partial charge on any atom is 0.284 e. The van der Waals surface area contributed by atoms with Gasteiger partial charge < -0.3 is 5.32 Å². The highest BCUT2D eigenvalue weighted by atomic mass is 79.9. The summed E-state index contributed by atoms with van der Waals surface area (Å²) in [6.07, 6.45) is 13.9. The maximum absolute atomic E-state index is 12.1. The number of halogens is 1. The van der Waals surface area contributed by atoms with Crippen LogP contribution in [0.15, 0.2) is 15.5 Å². The zero-order chi connectivity index (χ0) is 14.5. The third-order valence-corrected chi connectivity index (χ3v) is 5.51. The van der Waals surface area contributed by atoms with Crippen LogP contribution < -0.4 is 10.9 Å². The molecular formula is C14H18BrN3OS. The van der Waals surface area contributed by atoms with Gasteiger partial charge in [0.15, 0.2) is 0 Å². The largest absolute Gasteiger partial charge is 0.379 e. The second kappa shape index (κ2) is 7.19. The Labute approximate surface area is 131 Å². The second-order valence-corrected chi connectivity index (χ2v) is 6.72. The molecule has 2 rings (SSSR count). The molecule has 1 aromatic rings. The predicted molar refractivity (Wildman–Crippen MR) is 88.2 cm³/mol. The van der Waals surface area contributed by atoms with Gasteiger partial charge in [0.1, 0.15) is 11.0 Å². The van der Waals surface area contributed by atoms with Crippen LogP contribution in [0, 0.1) is 12.3 Å². The Morgan fingerprint density at radius 3 is 3.05 bits per heavy atom. The molecule has 0 radical (unpaired) electrons. The number of aromatic nitrogens is 2. The van der Waals surface area contributed by atoms with Crippen LogP contribution in [0.4, 0.5) is 5.69 Å². The van der Waals surface area contributed by atoms with E-state index in [-0.39, 0.29) is 12.1 Å². The second-order valence-electron chi connectivity index (χ2n) is 4.85. The van der Waals surface area contributed by atoms with Crippen molar-refractivity contribution in [3.63, 3.8) is 0 Å². The van der Waals surface area contributed by atoms with Crippen molar-refractivity contribution in [2.45, 2.75) is 43.5 Å². The van der Waals surface area contributed by atoms with Gasteiger partial charge in [0, 0.05) is 11.3 Å². The van der Waals surface area contributed by atoms with Gasteiger partial charge in [0.05, 0.1) is 11.9 Å². The number of nitrogens with zero attached hydrogens (tertiary/aromatic N) is 2. The minimum atomic E-state index is -0.190. The SMILES string of the molecule is C#CCn1ncc(NC2CCCCC2SC)c(Br)c1=O. The summed E-state index contributed by atoms with van der Waals surface area (Å²) in [6.45, 7) is 0.189. The van der Waals surface area contributed by atoms with Crippen LogP contribution in [-0.4, -0.2) is 27.3 Å². The molecule has 0 saturated heterocycles. The fourth-order valence-corrected chi connectivity index (χ4v) is 3.87. The number of thioether (sulfide) groups is 1. The first-order chi connectivity index (χ1) is 9.67. The van der Waals surface area contributed by atoms with E-state index in [0.717, 1.165) is 12.1 Å². The number of rotatable bonds is 4. The van der Waals surface area contributed by atoms with Gasteiger partial charge in [-0.15, -0.1) is 6.42 Å². The summed E-state index contributed by atoms with van der Waals surface area (Å²) in [4.78, 5) is 12.1. The van der Waals surface area contributed by atoms with Gasteiger partial charge in [-0.05, 0) is 35.0 Å². The molecule has 20 heavy (non-hydrogen) atoms. The summed E-state index contributed by atoms with van der Waals surface area (Å²) in [5.41, 5.74) is 0.568. The number of hydrogen-bond donors (Lipinski definition) is 1. The van der Waals surface area contributed by atoms with E-state index in [2.05, 4.69) is 38.5 Å². The van der Waals surface area contributed by atoms with Crippen molar-refractivity contribution in [3.8, 4) is 12.3 Å². The Kier molecular flexibility index (Phi) is 5.55. The Hall–Kier alpha value is -0.930. The number of hydrogen-bond acceptors (Lipinski definition) is 4. The molecule has 0 aliphatic heterocycles. The highest BCUT2D eigenvalue weighted by molar-refractivity contribution is 9.10. The van der Waals surface area contributed by atoms with Crippen molar-refractivity contribution >= 4 is 33.4 Å². The molecular weight excluding hydrogens is 338 g/mol. The van der Waals surface area contributed by atoms with Crippen LogP contribution in [0.2, 0.25) is 0 Å². The van der Waals surface area contributed by atoms with E-state index in [1.54, 1.807) is 6.20 Å². The van der Waals surface area contributed by atoms with E-state index >= 15 is 0 Å². The zero-order valence-corrected chi connectivity index (χ0v) is 13.8. The van der Waals surface area contributed by atoms with Crippen LogP contribution in [0.25, 0.3) is 0 Å². The number of anilines is 1. The van der Waals surface area contributed by atoms with Gasteiger partial charge in [-0.2, -0.15) is 16.9 Å². The molecule has 4 nitrogen and oxygen atoms in total.